The number of nitro benzene ring substituents is 2. The lowest BCUT2D eigenvalue weighted by atomic mass is 10.1. The molecule has 0 bridgehead atoms. The number of nitrogens with zero attached hydrogens (tertiary/aromatic N) is 3. The third-order valence-corrected chi connectivity index (χ3v) is 3.85. The van der Waals surface area contributed by atoms with Gasteiger partial charge in [-0.25, -0.2) is 4.98 Å². The highest BCUT2D eigenvalue weighted by Gasteiger charge is 2.04. The first kappa shape index (κ1) is 18.7. The van der Waals surface area contributed by atoms with Crippen LogP contribution >= 0.6 is 0 Å². The van der Waals surface area contributed by atoms with Crippen molar-refractivity contribution in [3.8, 4) is 0 Å². The van der Waals surface area contributed by atoms with E-state index in [1.807, 2.05) is 18.2 Å². The summed E-state index contributed by atoms with van der Waals surface area (Å²) in [6.07, 6.45) is 7.04. The Morgan fingerprint density at radius 1 is 0.643 bits per heavy atom. The molecule has 0 aliphatic rings. The van der Waals surface area contributed by atoms with Crippen LogP contribution in [0.2, 0.25) is 0 Å². The lowest BCUT2D eigenvalue weighted by molar-refractivity contribution is -0.385. The van der Waals surface area contributed by atoms with Crippen LogP contribution in [0.5, 0.6) is 0 Å². The molecule has 0 spiro atoms. The normalized spacial score (nSPS) is 11.1. The number of nitro groups is 2. The molecule has 0 radical (unpaired) electrons. The molecule has 0 atom stereocenters. The average molecular weight is 373 g/mol. The molecule has 138 valence electrons. The lowest BCUT2D eigenvalue weighted by Crippen LogP contribution is -1.88. The van der Waals surface area contributed by atoms with Crippen molar-refractivity contribution in [1.82, 2.24) is 4.98 Å². The fraction of sp³-hybridized carbons (Fsp3) is 0. The van der Waals surface area contributed by atoms with Crippen molar-refractivity contribution in [2.45, 2.75) is 0 Å². The molecule has 3 rings (SSSR count). The van der Waals surface area contributed by atoms with Crippen molar-refractivity contribution < 1.29 is 9.85 Å². The Kier molecular flexibility index (Phi) is 5.66. The first-order valence-corrected chi connectivity index (χ1v) is 8.33. The highest BCUT2D eigenvalue weighted by Crippen LogP contribution is 2.17. The van der Waals surface area contributed by atoms with Gasteiger partial charge in [-0.1, -0.05) is 42.5 Å². The van der Waals surface area contributed by atoms with Gasteiger partial charge in [0.15, 0.2) is 0 Å². The monoisotopic (exact) mass is 373 g/mol. The third kappa shape index (κ3) is 4.95. The van der Waals surface area contributed by atoms with Gasteiger partial charge in [0.1, 0.15) is 0 Å². The quantitative estimate of drug-likeness (QED) is 0.434. The van der Waals surface area contributed by atoms with Crippen molar-refractivity contribution in [3.63, 3.8) is 0 Å². The summed E-state index contributed by atoms with van der Waals surface area (Å²) in [5.74, 6) is 0. The van der Waals surface area contributed by atoms with Crippen molar-refractivity contribution in [1.29, 1.82) is 0 Å². The van der Waals surface area contributed by atoms with Gasteiger partial charge in [-0.05, 0) is 35.4 Å². The van der Waals surface area contributed by atoms with E-state index in [2.05, 4.69) is 4.98 Å². The first-order valence-electron chi connectivity index (χ1n) is 8.33. The number of rotatable bonds is 6. The fourth-order valence-electron chi connectivity index (χ4n) is 2.50. The summed E-state index contributed by atoms with van der Waals surface area (Å²) in [6, 6.07) is 18.1. The average Bonchev–Trinajstić information content (AvgIpc) is 2.71. The smallest absolute Gasteiger partial charge is 0.258 e. The Balaban J connectivity index is 1.77. The molecule has 1 heterocycles. The predicted octanol–water partition coefficient (Wildman–Crippen LogP) is 5.24. The van der Waals surface area contributed by atoms with Crippen molar-refractivity contribution in [3.05, 3.63) is 109 Å². The van der Waals surface area contributed by atoms with Gasteiger partial charge in [0.05, 0.1) is 21.2 Å². The summed E-state index contributed by atoms with van der Waals surface area (Å²) in [4.78, 5) is 25.3. The maximum atomic E-state index is 10.8. The molecule has 3 aromatic rings. The summed E-state index contributed by atoms with van der Waals surface area (Å²) in [6.45, 7) is 0. The van der Waals surface area contributed by atoms with Gasteiger partial charge in [0, 0.05) is 24.3 Å². The molecule has 28 heavy (non-hydrogen) atoms. The molecule has 0 saturated carbocycles. The third-order valence-electron chi connectivity index (χ3n) is 3.85. The number of hydrogen-bond acceptors (Lipinski definition) is 5. The lowest BCUT2D eigenvalue weighted by Gasteiger charge is -1.98. The molecule has 0 aliphatic carbocycles. The predicted molar refractivity (Wildman–Crippen MR) is 108 cm³/mol. The van der Waals surface area contributed by atoms with Crippen LogP contribution in [0.1, 0.15) is 22.5 Å². The number of aromatic nitrogens is 1. The summed E-state index contributed by atoms with van der Waals surface area (Å²) >= 11 is 0. The van der Waals surface area contributed by atoms with Gasteiger partial charge in [-0.2, -0.15) is 0 Å². The van der Waals surface area contributed by atoms with E-state index >= 15 is 0 Å². The zero-order valence-corrected chi connectivity index (χ0v) is 14.6. The van der Waals surface area contributed by atoms with E-state index in [9.17, 15) is 20.2 Å². The summed E-state index contributed by atoms with van der Waals surface area (Å²) in [5, 5.41) is 21.7. The maximum absolute atomic E-state index is 10.8. The van der Waals surface area contributed by atoms with Gasteiger partial charge in [-0.15, -0.1) is 0 Å². The minimum Gasteiger partial charge on any atom is -0.258 e. The number of benzene rings is 2. The second kappa shape index (κ2) is 8.50. The molecule has 0 unspecified atom stereocenters. The summed E-state index contributed by atoms with van der Waals surface area (Å²) in [7, 11) is 0. The fourth-order valence-corrected chi connectivity index (χ4v) is 2.50. The molecule has 0 N–H and O–H groups in total. The van der Waals surface area contributed by atoms with Gasteiger partial charge in [0.25, 0.3) is 11.4 Å². The SMILES string of the molecule is O=[N+]([O-])c1cccc(/C=C/c2cccc(/C=C/c3cccc([N+](=O)[O-])c3)n2)c1. The van der Waals surface area contributed by atoms with E-state index < -0.39 is 9.85 Å². The molecule has 0 fully saturated rings. The highest BCUT2D eigenvalue weighted by molar-refractivity contribution is 5.72. The van der Waals surface area contributed by atoms with E-state index in [1.54, 1.807) is 48.6 Å². The van der Waals surface area contributed by atoms with Gasteiger partial charge in [-0.3, -0.25) is 20.2 Å². The van der Waals surface area contributed by atoms with Crippen LogP contribution in [-0.4, -0.2) is 14.8 Å². The molecule has 0 aliphatic heterocycles. The number of non-ortho nitro benzene ring substituents is 2. The van der Waals surface area contributed by atoms with E-state index in [0.29, 0.717) is 22.5 Å². The van der Waals surface area contributed by atoms with Crippen LogP contribution in [0.3, 0.4) is 0 Å². The van der Waals surface area contributed by atoms with Crippen LogP contribution in [-0.2, 0) is 0 Å². The first-order chi connectivity index (χ1) is 13.5. The summed E-state index contributed by atoms with van der Waals surface area (Å²) < 4.78 is 0. The molecule has 0 saturated heterocycles. The van der Waals surface area contributed by atoms with Crippen molar-refractivity contribution in [2.75, 3.05) is 0 Å². The van der Waals surface area contributed by atoms with Crippen LogP contribution < -0.4 is 0 Å². The number of hydrogen-bond donors (Lipinski definition) is 0. The Bertz CT molecular complexity index is 1010. The van der Waals surface area contributed by atoms with E-state index in [1.165, 1.54) is 24.3 Å². The Morgan fingerprint density at radius 2 is 1.07 bits per heavy atom. The zero-order chi connectivity index (χ0) is 19.9. The Labute approximate surface area is 160 Å². The summed E-state index contributed by atoms with van der Waals surface area (Å²) in [5.41, 5.74) is 2.84. The maximum Gasteiger partial charge on any atom is 0.270 e. The Hall–Kier alpha value is -4.13. The molecule has 0 amide bonds. The molecule has 7 heteroatoms. The van der Waals surface area contributed by atoms with Crippen LogP contribution in [0.25, 0.3) is 24.3 Å². The van der Waals surface area contributed by atoms with Crippen molar-refractivity contribution >= 4 is 35.7 Å². The Morgan fingerprint density at radius 3 is 1.50 bits per heavy atom. The van der Waals surface area contributed by atoms with Crippen LogP contribution in [0, 0.1) is 20.2 Å². The second-order valence-electron chi connectivity index (χ2n) is 5.86. The van der Waals surface area contributed by atoms with E-state index in [0.717, 1.165) is 0 Å². The number of pyridine rings is 1. The van der Waals surface area contributed by atoms with Gasteiger partial charge < -0.3 is 0 Å². The zero-order valence-electron chi connectivity index (χ0n) is 14.6. The standard InChI is InChI=1S/C21H15N3O4/c25-23(26)20-8-1-4-16(14-20)10-12-18-6-3-7-19(22-18)13-11-17-5-2-9-21(15-17)24(27)28/h1-15H/b12-10+,13-11+. The van der Waals surface area contributed by atoms with E-state index in [-0.39, 0.29) is 11.4 Å². The van der Waals surface area contributed by atoms with Crippen LogP contribution in [0.15, 0.2) is 66.7 Å². The molecular formula is C21H15N3O4. The molecular weight excluding hydrogens is 358 g/mol. The van der Waals surface area contributed by atoms with Gasteiger partial charge in [0.2, 0.25) is 0 Å². The van der Waals surface area contributed by atoms with Crippen molar-refractivity contribution in [2.24, 2.45) is 0 Å². The largest absolute Gasteiger partial charge is 0.270 e. The van der Waals surface area contributed by atoms with Gasteiger partial charge >= 0.3 is 0 Å². The second-order valence-corrected chi connectivity index (χ2v) is 5.86. The molecule has 7 nitrogen and oxygen atoms in total. The highest BCUT2D eigenvalue weighted by atomic mass is 16.6. The van der Waals surface area contributed by atoms with Crippen LogP contribution in [0.4, 0.5) is 11.4 Å². The molecule has 1 aromatic heterocycles. The minimum absolute atomic E-state index is 0.0312. The van der Waals surface area contributed by atoms with E-state index in [4.69, 9.17) is 0 Å². The minimum atomic E-state index is -0.436. The topological polar surface area (TPSA) is 99.2 Å². The molecule has 2 aromatic carbocycles.